The molecule has 1 fully saturated rings. The van der Waals surface area contributed by atoms with Crippen molar-refractivity contribution in [1.29, 1.82) is 0 Å². The van der Waals surface area contributed by atoms with Gasteiger partial charge in [-0.25, -0.2) is 0 Å². The summed E-state index contributed by atoms with van der Waals surface area (Å²) in [6.07, 6.45) is 2.41. The van der Waals surface area contributed by atoms with Crippen LogP contribution in [0.15, 0.2) is 53.0 Å². The lowest BCUT2D eigenvalue weighted by Gasteiger charge is -2.33. The summed E-state index contributed by atoms with van der Waals surface area (Å²) in [6, 6.07) is 17.2. The number of benzene rings is 2. The summed E-state index contributed by atoms with van der Waals surface area (Å²) in [4.78, 5) is 2.94. The van der Waals surface area contributed by atoms with Crippen LogP contribution in [0.4, 0.5) is 5.69 Å². The molecule has 1 heterocycles. The molecule has 24 heavy (non-hydrogen) atoms. The number of rotatable bonds is 5. The van der Waals surface area contributed by atoms with Crippen molar-refractivity contribution in [3.8, 4) is 0 Å². The van der Waals surface area contributed by atoms with Gasteiger partial charge in [-0.2, -0.15) is 0 Å². The zero-order valence-corrected chi connectivity index (χ0v) is 15.9. The van der Waals surface area contributed by atoms with Gasteiger partial charge in [-0.05, 0) is 59.1 Å². The van der Waals surface area contributed by atoms with Crippen LogP contribution in [0.3, 0.4) is 0 Å². The third-order valence-corrected chi connectivity index (χ3v) is 5.24. The van der Waals surface area contributed by atoms with E-state index < -0.39 is 0 Å². The van der Waals surface area contributed by atoms with E-state index in [0.717, 1.165) is 35.4 Å². The summed E-state index contributed by atoms with van der Waals surface area (Å²) in [7, 11) is 0. The SMILES string of the molecule is NC(=S)c1ccc(NC2CCCN(Cc3ccccc3)C2)cc1Br. The van der Waals surface area contributed by atoms with E-state index in [2.05, 4.69) is 68.6 Å². The second-order valence-electron chi connectivity index (χ2n) is 6.26. The topological polar surface area (TPSA) is 41.3 Å². The minimum Gasteiger partial charge on any atom is -0.389 e. The molecular weight excluding hydrogens is 382 g/mol. The van der Waals surface area contributed by atoms with Crippen LogP contribution in [0.25, 0.3) is 0 Å². The molecule has 2 aromatic carbocycles. The van der Waals surface area contributed by atoms with Gasteiger partial charge in [0.1, 0.15) is 4.99 Å². The lowest BCUT2D eigenvalue weighted by Crippen LogP contribution is -2.41. The summed E-state index contributed by atoms with van der Waals surface area (Å²) < 4.78 is 0.942. The standard InChI is InChI=1S/C19H22BrN3S/c20-18-11-15(8-9-17(18)19(21)24)22-16-7-4-10-23(13-16)12-14-5-2-1-3-6-14/h1-3,5-6,8-9,11,16,22H,4,7,10,12-13H2,(H2,21,24). The number of piperidine rings is 1. The van der Waals surface area contributed by atoms with E-state index >= 15 is 0 Å². The van der Waals surface area contributed by atoms with E-state index in [4.69, 9.17) is 18.0 Å². The fourth-order valence-electron chi connectivity index (χ4n) is 3.20. The van der Waals surface area contributed by atoms with Crippen LogP contribution in [0.2, 0.25) is 0 Å². The third-order valence-electron chi connectivity index (χ3n) is 4.36. The smallest absolute Gasteiger partial charge is 0.105 e. The highest BCUT2D eigenvalue weighted by molar-refractivity contribution is 9.10. The van der Waals surface area contributed by atoms with Crippen molar-refractivity contribution in [3.05, 3.63) is 64.1 Å². The highest BCUT2D eigenvalue weighted by Crippen LogP contribution is 2.24. The summed E-state index contributed by atoms with van der Waals surface area (Å²) in [5, 5.41) is 3.65. The quantitative estimate of drug-likeness (QED) is 0.735. The molecule has 3 rings (SSSR count). The number of likely N-dealkylation sites (tertiary alicyclic amines) is 1. The normalized spacial score (nSPS) is 18.3. The van der Waals surface area contributed by atoms with Gasteiger partial charge in [0, 0.05) is 34.9 Å². The Morgan fingerprint density at radius 2 is 2.04 bits per heavy atom. The molecule has 1 saturated heterocycles. The molecule has 3 nitrogen and oxygen atoms in total. The summed E-state index contributed by atoms with van der Waals surface area (Å²) in [5.41, 5.74) is 9.08. The Labute approximate surface area is 157 Å². The van der Waals surface area contributed by atoms with Crippen LogP contribution >= 0.6 is 28.1 Å². The fourth-order valence-corrected chi connectivity index (χ4v) is 4.10. The average molecular weight is 404 g/mol. The minimum absolute atomic E-state index is 0.417. The molecule has 126 valence electrons. The molecule has 0 aromatic heterocycles. The van der Waals surface area contributed by atoms with Gasteiger partial charge in [0.25, 0.3) is 0 Å². The maximum absolute atomic E-state index is 5.71. The zero-order chi connectivity index (χ0) is 16.9. The van der Waals surface area contributed by atoms with E-state index in [1.54, 1.807) is 0 Å². The molecule has 0 amide bonds. The van der Waals surface area contributed by atoms with E-state index in [9.17, 15) is 0 Å². The van der Waals surface area contributed by atoms with Gasteiger partial charge in [-0.3, -0.25) is 4.90 Å². The number of halogens is 1. The predicted molar refractivity (Wildman–Crippen MR) is 108 cm³/mol. The monoisotopic (exact) mass is 403 g/mol. The molecule has 5 heteroatoms. The van der Waals surface area contributed by atoms with Crippen LogP contribution in [0, 0.1) is 0 Å². The first kappa shape index (κ1) is 17.4. The molecule has 1 aliphatic heterocycles. The zero-order valence-electron chi connectivity index (χ0n) is 13.5. The molecule has 1 aliphatic rings. The Kier molecular flexibility index (Phi) is 5.87. The number of nitrogens with two attached hydrogens (primary N) is 1. The van der Waals surface area contributed by atoms with Crippen LogP contribution < -0.4 is 11.1 Å². The van der Waals surface area contributed by atoms with Crippen LogP contribution in [-0.2, 0) is 6.54 Å². The molecule has 2 aromatic rings. The lowest BCUT2D eigenvalue weighted by atomic mass is 10.0. The number of thiocarbonyl (C=S) groups is 1. The van der Waals surface area contributed by atoms with Crippen molar-refractivity contribution < 1.29 is 0 Å². The van der Waals surface area contributed by atoms with Gasteiger partial charge >= 0.3 is 0 Å². The van der Waals surface area contributed by atoms with Gasteiger partial charge < -0.3 is 11.1 Å². The predicted octanol–water partition coefficient (Wildman–Crippen LogP) is 4.16. The number of nitrogens with one attached hydrogen (secondary N) is 1. The van der Waals surface area contributed by atoms with Crippen LogP contribution in [-0.4, -0.2) is 29.0 Å². The Balaban J connectivity index is 1.61. The van der Waals surface area contributed by atoms with Crippen molar-refractivity contribution in [2.75, 3.05) is 18.4 Å². The van der Waals surface area contributed by atoms with E-state index in [1.165, 1.54) is 18.4 Å². The van der Waals surface area contributed by atoms with Crippen LogP contribution in [0.5, 0.6) is 0 Å². The Morgan fingerprint density at radius 3 is 2.75 bits per heavy atom. The third kappa shape index (κ3) is 4.56. The van der Waals surface area contributed by atoms with E-state index in [0.29, 0.717) is 11.0 Å². The average Bonchev–Trinajstić information content (AvgIpc) is 2.56. The largest absolute Gasteiger partial charge is 0.389 e. The van der Waals surface area contributed by atoms with Crippen molar-refractivity contribution >= 4 is 38.8 Å². The molecule has 1 atom stereocenters. The molecule has 0 aliphatic carbocycles. The van der Waals surface area contributed by atoms with Crippen LogP contribution in [0.1, 0.15) is 24.0 Å². The van der Waals surface area contributed by atoms with E-state index in [-0.39, 0.29) is 0 Å². The lowest BCUT2D eigenvalue weighted by molar-refractivity contribution is 0.208. The van der Waals surface area contributed by atoms with Gasteiger partial charge in [0.15, 0.2) is 0 Å². The highest BCUT2D eigenvalue weighted by Gasteiger charge is 2.20. The molecule has 0 spiro atoms. The first-order chi connectivity index (χ1) is 11.6. The summed E-state index contributed by atoms with van der Waals surface area (Å²) >= 11 is 8.60. The minimum atomic E-state index is 0.417. The van der Waals surface area contributed by atoms with Gasteiger partial charge in [0.05, 0.1) is 0 Å². The summed E-state index contributed by atoms with van der Waals surface area (Å²) in [6.45, 7) is 3.24. The summed E-state index contributed by atoms with van der Waals surface area (Å²) in [5.74, 6) is 0. The Hall–Kier alpha value is -1.43. The molecular formula is C19H22BrN3S. The number of hydrogen-bond acceptors (Lipinski definition) is 3. The van der Waals surface area contributed by atoms with Gasteiger partial charge in [0.2, 0.25) is 0 Å². The number of anilines is 1. The maximum atomic E-state index is 5.71. The van der Waals surface area contributed by atoms with Crippen molar-refractivity contribution in [2.45, 2.75) is 25.4 Å². The fraction of sp³-hybridized carbons (Fsp3) is 0.316. The molecule has 0 saturated carbocycles. The van der Waals surface area contributed by atoms with E-state index in [1.807, 2.05) is 6.07 Å². The first-order valence-corrected chi connectivity index (χ1v) is 9.44. The second kappa shape index (κ2) is 8.10. The molecule has 1 unspecified atom stereocenters. The molecule has 0 radical (unpaired) electrons. The number of nitrogens with zero attached hydrogens (tertiary/aromatic N) is 1. The highest BCUT2D eigenvalue weighted by atomic mass is 79.9. The molecule has 3 N–H and O–H groups in total. The van der Waals surface area contributed by atoms with Crippen molar-refractivity contribution in [3.63, 3.8) is 0 Å². The van der Waals surface area contributed by atoms with Crippen molar-refractivity contribution in [2.24, 2.45) is 5.73 Å². The number of hydrogen-bond donors (Lipinski definition) is 2. The van der Waals surface area contributed by atoms with Gasteiger partial charge in [-0.15, -0.1) is 0 Å². The Bertz CT molecular complexity index is 705. The van der Waals surface area contributed by atoms with Crippen molar-refractivity contribution in [1.82, 2.24) is 4.90 Å². The maximum Gasteiger partial charge on any atom is 0.105 e. The second-order valence-corrected chi connectivity index (χ2v) is 7.56. The molecule has 0 bridgehead atoms. The van der Waals surface area contributed by atoms with Gasteiger partial charge in [-0.1, -0.05) is 42.5 Å². The Morgan fingerprint density at radius 1 is 1.25 bits per heavy atom. The first-order valence-electron chi connectivity index (χ1n) is 8.24.